The van der Waals surface area contributed by atoms with Crippen molar-refractivity contribution in [3.05, 3.63) is 47.5 Å². The zero-order chi connectivity index (χ0) is 26.1. The fourth-order valence-electron chi connectivity index (χ4n) is 3.51. The number of hydrogen-bond acceptors (Lipinski definition) is 7. The number of barbiturate groups is 1. The average molecular weight is 497 g/mol. The molecule has 0 radical (unpaired) electrons. The van der Waals surface area contributed by atoms with Gasteiger partial charge in [0.05, 0.1) is 32.6 Å². The van der Waals surface area contributed by atoms with E-state index in [-0.39, 0.29) is 11.3 Å². The second kappa shape index (κ2) is 12.6. The molecule has 2 aromatic carbocycles. The third-order valence-electron chi connectivity index (χ3n) is 5.30. The van der Waals surface area contributed by atoms with Crippen molar-refractivity contribution in [1.29, 1.82) is 0 Å². The normalized spacial score (nSPS) is 14.6. The van der Waals surface area contributed by atoms with Crippen LogP contribution in [-0.2, 0) is 9.59 Å². The second-order valence-corrected chi connectivity index (χ2v) is 7.98. The lowest BCUT2D eigenvalue weighted by Gasteiger charge is -2.27. The van der Waals surface area contributed by atoms with Crippen LogP contribution in [0.2, 0.25) is 0 Å². The maximum Gasteiger partial charge on any atom is 0.335 e. The Morgan fingerprint density at radius 2 is 1.56 bits per heavy atom. The highest BCUT2D eigenvalue weighted by atomic mass is 16.5. The number of carbonyl (C=O) groups excluding carboxylic acids is 3. The number of carbonyl (C=O) groups is 3. The summed E-state index contributed by atoms with van der Waals surface area (Å²) in [6, 6.07) is 9.01. The Hall–Kier alpha value is -4.01. The molecule has 1 heterocycles. The fourth-order valence-corrected chi connectivity index (χ4v) is 3.51. The highest BCUT2D eigenvalue weighted by molar-refractivity contribution is 6.39. The summed E-state index contributed by atoms with van der Waals surface area (Å²) in [7, 11) is 1.47. The number of hydrogen-bond donors (Lipinski definition) is 1. The summed E-state index contributed by atoms with van der Waals surface area (Å²) in [4.78, 5) is 39.4. The van der Waals surface area contributed by atoms with Crippen molar-refractivity contribution in [2.75, 3.05) is 31.8 Å². The lowest BCUT2D eigenvalue weighted by atomic mass is 10.1. The van der Waals surface area contributed by atoms with Gasteiger partial charge in [-0.3, -0.25) is 14.9 Å². The number of anilines is 1. The van der Waals surface area contributed by atoms with Crippen LogP contribution in [0.25, 0.3) is 6.08 Å². The monoisotopic (exact) mass is 496 g/mol. The van der Waals surface area contributed by atoms with Gasteiger partial charge in [0.2, 0.25) is 0 Å². The molecule has 0 bridgehead atoms. The summed E-state index contributed by atoms with van der Waals surface area (Å²) in [5.41, 5.74) is 0.600. The molecule has 3 rings (SSSR count). The predicted octanol–water partition coefficient (Wildman–Crippen LogP) is 4.73. The van der Waals surface area contributed by atoms with Crippen molar-refractivity contribution in [1.82, 2.24) is 5.32 Å². The van der Waals surface area contributed by atoms with Gasteiger partial charge in [-0.25, -0.2) is 9.69 Å². The van der Waals surface area contributed by atoms with Crippen LogP contribution < -0.4 is 29.2 Å². The van der Waals surface area contributed by atoms with E-state index < -0.39 is 17.8 Å². The molecule has 9 nitrogen and oxygen atoms in total. The zero-order valence-corrected chi connectivity index (χ0v) is 21.1. The third kappa shape index (κ3) is 6.16. The zero-order valence-electron chi connectivity index (χ0n) is 21.1. The van der Waals surface area contributed by atoms with Crippen molar-refractivity contribution >= 4 is 29.6 Å². The maximum atomic E-state index is 13.3. The molecule has 1 fully saturated rings. The number of urea groups is 1. The number of nitrogens with one attached hydrogen (secondary N) is 1. The Morgan fingerprint density at radius 1 is 0.833 bits per heavy atom. The molecule has 1 saturated heterocycles. The van der Waals surface area contributed by atoms with Gasteiger partial charge >= 0.3 is 6.03 Å². The summed E-state index contributed by atoms with van der Waals surface area (Å²) >= 11 is 0. The van der Waals surface area contributed by atoms with Gasteiger partial charge in [-0.1, -0.05) is 26.3 Å². The number of methoxy groups -OCH3 is 1. The first-order chi connectivity index (χ1) is 17.4. The lowest BCUT2D eigenvalue weighted by Crippen LogP contribution is -2.54. The number of rotatable bonds is 12. The molecule has 1 aliphatic heterocycles. The molecule has 4 amide bonds. The minimum absolute atomic E-state index is 0.193. The SMILES string of the molecule is CCCCOc1ccc(/C=C2/C(=O)NC(=O)N(c3ccc(OCCC)c(OC)c3)C2=O)cc1OCC. The Balaban J connectivity index is 1.93. The van der Waals surface area contributed by atoms with Crippen molar-refractivity contribution < 1.29 is 33.3 Å². The first-order valence-corrected chi connectivity index (χ1v) is 12.0. The van der Waals surface area contributed by atoms with Crippen LogP contribution in [0.15, 0.2) is 42.0 Å². The van der Waals surface area contributed by atoms with E-state index in [0.717, 1.165) is 24.2 Å². The van der Waals surface area contributed by atoms with E-state index >= 15 is 0 Å². The van der Waals surface area contributed by atoms with Crippen LogP contribution in [0.5, 0.6) is 23.0 Å². The highest BCUT2D eigenvalue weighted by Gasteiger charge is 2.37. The largest absolute Gasteiger partial charge is 0.493 e. The quantitative estimate of drug-likeness (QED) is 0.257. The van der Waals surface area contributed by atoms with Gasteiger partial charge in [-0.2, -0.15) is 0 Å². The van der Waals surface area contributed by atoms with E-state index in [1.165, 1.54) is 19.3 Å². The molecule has 9 heteroatoms. The van der Waals surface area contributed by atoms with Crippen molar-refractivity contribution in [3.8, 4) is 23.0 Å². The topological polar surface area (TPSA) is 103 Å². The van der Waals surface area contributed by atoms with Crippen LogP contribution in [0.3, 0.4) is 0 Å². The number of unbranched alkanes of at least 4 members (excludes halogenated alkanes) is 1. The van der Waals surface area contributed by atoms with Gasteiger partial charge in [-0.15, -0.1) is 0 Å². The van der Waals surface area contributed by atoms with Crippen molar-refractivity contribution in [2.24, 2.45) is 0 Å². The summed E-state index contributed by atoms with van der Waals surface area (Å²) in [6.07, 6.45) is 4.14. The number of amides is 4. The van der Waals surface area contributed by atoms with E-state index in [2.05, 4.69) is 12.2 Å². The van der Waals surface area contributed by atoms with Crippen molar-refractivity contribution in [2.45, 2.75) is 40.0 Å². The molecule has 0 aromatic heterocycles. The van der Waals surface area contributed by atoms with E-state index in [0.29, 0.717) is 48.4 Å². The standard InChI is InChI=1S/C27H32N2O7/c1-5-8-14-36-22-11-9-18(16-24(22)34-7-3)15-20-25(30)28-27(32)29(26(20)31)19-10-12-21(35-13-6-2)23(17-19)33-4/h9-12,15-17H,5-8,13-14H2,1-4H3,(H,28,30,32)/b20-15-. The molecule has 36 heavy (non-hydrogen) atoms. The van der Waals surface area contributed by atoms with E-state index in [1.807, 2.05) is 13.8 Å². The molecule has 0 atom stereocenters. The fraction of sp³-hybridized carbons (Fsp3) is 0.370. The van der Waals surface area contributed by atoms with Gasteiger partial charge in [0.25, 0.3) is 11.8 Å². The summed E-state index contributed by atoms with van der Waals surface area (Å²) in [6.45, 7) is 7.38. The average Bonchev–Trinajstić information content (AvgIpc) is 2.87. The summed E-state index contributed by atoms with van der Waals surface area (Å²) in [5.74, 6) is 0.410. The van der Waals surface area contributed by atoms with Gasteiger partial charge in [0, 0.05) is 6.07 Å². The Bertz CT molecular complexity index is 1140. The third-order valence-corrected chi connectivity index (χ3v) is 5.30. The van der Waals surface area contributed by atoms with Crippen molar-refractivity contribution in [3.63, 3.8) is 0 Å². The molecular weight excluding hydrogens is 464 g/mol. The first-order valence-electron chi connectivity index (χ1n) is 12.0. The Labute approximate surface area is 211 Å². The van der Waals surface area contributed by atoms with Gasteiger partial charge in [0.15, 0.2) is 23.0 Å². The lowest BCUT2D eigenvalue weighted by molar-refractivity contribution is -0.122. The molecule has 0 aliphatic carbocycles. The second-order valence-electron chi connectivity index (χ2n) is 7.98. The molecule has 0 spiro atoms. The number of ether oxygens (including phenoxy) is 4. The van der Waals surface area contributed by atoms with Crippen LogP contribution in [0.4, 0.5) is 10.5 Å². The molecule has 1 aliphatic rings. The molecule has 0 saturated carbocycles. The highest BCUT2D eigenvalue weighted by Crippen LogP contribution is 2.34. The maximum absolute atomic E-state index is 13.3. The molecular formula is C27H32N2O7. The van der Waals surface area contributed by atoms with Crippen LogP contribution in [-0.4, -0.2) is 44.8 Å². The number of benzene rings is 2. The van der Waals surface area contributed by atoms with Crippen LogP contribution in [0, 0.1) is 0 Å². The van der Waals surface area contributed by atoms with E-state index in [1.54, 1.807) is 30.3 Å². The van der Waals surface area contributed by atoms with Gasteiger partial charge in [0.1, 0.15) is 5.57 Å². The molecule has 2 aromatic rings. The van der Waals surface area contributed by atoms with Gasteiger partial charge in [-0.05, 0) is 55.7 Å². The van der Waals surface area contributed by atoms with Gasteiger partial charge < -0.3 is 18.9 Å². The van der Waals surface area contributed by atoms with Crippen LogP contribution in [0.1, 0.15) is 45.6 Å². The Morgan fingerprint density at radius 3 is 2.25 bits per heavy atom. The summed E-state index contributed by atoms with van der Waals surface area (Å²) < 4.78 is 22.5. The molecule has 1 N–H and O–H groups in total. The number of imide groups is 2. The minimum atomic E-state index is -0.846. The smallest absolute Gasteiger partial charge is 0.335 e. The van der Waals surface area contributed by atoms with Crippen LogP contribution >= 0.6 is 0 Å². The first kappa shape index (κ1) is 26.6. The molecule has 192 valence electrons. The predicted molar refractivity (Wildman–Crippen MR) is 136 cm³/mol. The summed E-state index contributed by atoms with van der Waals surface area (Å²) in [5, 5.41) is 2.23. The molecule has 0 unspecified atom stereocenters. The van der Waals surface area contributed by atoms with E-state index in [9.17, 15) is 14.4 Å². The Kier molecular flexibility index (Phi) is 9.32. The number of nitrogens with zero attached hydrogens (tertiary/aromatic N) is 1. The minimum Gasteiger partial charge on any atom is -0.493 e. The van der Waals surface area contributed by atoms with E-state index in [4.69, 9.17) is 18.9 Å².